The molecule has 1 rings (SSSR count). The van der Waals surface area contributed by atoms with E-state index in [-0.39, 0.29) is 12.5 Å². The number of halogens is 1. The van der Waals surface area contributed by atoms with Crippen molar-refractivity contribution in [3.63, 3.8) is 0 Å². The van der Waals surface area contributed by atoms with Crippen molar-refractivity contribution in [1.29, 1.82) is 0 Å². The fourth-order valence-corrected chi connectivity index (χ4v) is 1.29. The fourth-order valence-electron chi connectivity index (χ4n) is 0.928. The van der Waals surface area contributed by atoms with Gasteiger partial charge in [0.2, 0.25) is 0 Å². The molecule has 0 aliphatic rings. The summed E-state index contributed by atoms with van der Waals surface area (Å²) in [7, 11) is 1.28. The highest BCUT2D eigenvalue weighted by molar-refractivity contribution is 14.1. The number of esters is 1. The van der Waals surface area contributed by atoms with E-state index in [2.05, 4.69) is 32.6 Å². The van der Waals surface area contributed by atoms with E-state index in [1.165, 1.54) is 7.11 Å². The number of carbonyl (C=O) groups is 2. The predicted molar refractivity (Wildman–Crippen MR) is 63.5 cm³/mol. The summed E-state index contributed by atoms with van der Waals surface area (Å²) in [6, 6.07) is 7.06. The van der Waals surface area contributed by atoms with Gasteiger partial charge in [0.15, 0.2) is 0 Å². The quantitative estimate of drug-likeness (QED) is 0.673. The molecule has 0 spiro atoms. The lowest BCUT2D eigenvalue weighted by Gasteiger charge is -2.03. The van der Waals surface area contributed by atoms with Crippen molar-refractivity contribution in [2.75, 3.05) is 13.7 Å². The molecule has 0 atom stereocenters. The highest BCUT2D eigenvalue weighted by atomic mass is 127. The zero-order chi connectivity index (χ0) is 11.3. The first-order valence-electron chi connectivity index (χ1n) is 4.24. The van der Waals surface area contributed by atoms with Gasteiger partial charge in [0.25, 0.3) is 5.91 Å². The van der Waals surface area contributed by atoms with E-state index in [0.717, 1.165) is 3.57 Å². The zero-order valence-electron chi connectivity index (χ0n) is 8.12. The van der Waals surface area contributed by atoms with Gasteiger partial charge >= 0.3 is 5.97 Å². The van der Waals surface area contributed by atoms with E-state index in [9.17, 15) is 9.59 Å². The molecule has 0 saturated heterocycles. The minimum absolute atomic E-state index is 0.110. The van der Waals surface area contributed by atoms with Crippen LogP contribution in [-0.4, -0.2) is 25.5 Å². The Morgan fingerprint density at radius 3 is 2.47 bits per heavy atom. The number of hydrogen-bond donors (Lipinski definition) is 1. The van der Waals surface area contributed by atoms with Gasteiger partial charge in [0, 0.05) is 9.13 Å². The van der Waals surface area contributed by atoms with Crippen molar-refractivity contribution in [2.24, 2.45) is 0 Å². The Morgan fingerprint density at radius 1 is 1.33 bits per heavy atom. The molecule has 80 valence electrons. The number of nitrogens with one attached hydrogen (secondary N) is 1. The summed E-state index contributed by atoms with van der Waals surface area (Å²) in [5, 5.41) is 2.45. The van der Waals surface area contributed by atoms with Crippen LogP contribution in [0.4, 0.5) is 0 Å². The van der Waals surface area contributed by atoms with Gasteiger partial charge in [-0.3, -0.25) is 9.59 Å². The lowest BCUT2D eigenvalue weighted by Crippen LogP contribution is -2.30. The minimum Gasteiger partial charge on any atom is -0.468 e. The second-order valence-electron chi connectivity index (χ2n) is 2.77. The van der Waals surface area contributed by atoms with Crippen molar-refractivity contribution in [2.45, 2.75) is 0 Å². The average Bonchev–Trinajstić information content (AvgIpc) is 2.26. The van der Waals surface area contributed by atoms with Crippen LogP contribution in [0, 0.1) is 3.57 Å². The predicted octanol–water partition coefficient (Wildman–Crippen LogP) is 1.19. The smallest absolute Gasteiger partial charge is 0.325 e. The van der Waals surface area contributed by atoms with Crippen LogP contribution in [0.25, 0.3) is 0 Å². The van der Waals surface area contributed by atoms with Crippen LogP contribution in [0.2, 0.25) is 0 Å². The molecule has 4 nitrogen and oxygen atoms in total. The first-order valence-corrected chi connectivity index (χ1v) is 5.32. The van der Waals surface area contributed by atoms with Gasteiger partial charge in [-0.15, -0.1) is 0 Å². The molecule has 0 bridgehead atoms. The van der Waals surface area contributed by atoms with Gasteiger partial charge in [-0.25, -0.2) is 0 Å². The van der Waals surface area contributed by atoms with Crippen LogP contribution in [-0.2, 0) is 9.53 Å². The molecule has 0 aliphatic carbocycles. The SMILES string of the molecule is COC(=O)CNC(=O)c1ccc(I)cc1. The molecular weight excluding hydrogens is 309 g/mol. The summed E-state index contributed by atoms with van der Waals surface area (Å²) in [4.78, 5) is 22.2. The summed E-state index contributed by atoms with van der Waals surface area (Å²) in [6.45, 7) is -0.110. The number of carbonyl (C=O) groups excluding carboxylic acids is 2. The lowest BCUT2D eigenvalue weighted by atomic mass is 10.2. The molecule has 0 unspecified atom stereocenters. The van der Waals surface area contributed by atoms with Gasteiger partial charge < -0.3 is 10.1 Å². The third-order valence-electron chi connectivity index (χ3n) is 1.73. The number of hydrogen-bond acceptors (Lipinski definition) is 3. The van der Waals surface area contributed by atoms with Crippen molar-refractivity contribution in [3.8, 4) is 0 Å². The number of ether oxygens (including phenoxy) is 1. The third-order valence-corrected chi connectivity index (χ3v) is 2.45. The van der Waals surface area contributed by atoms with E-state index in [1.807, 2.05) is 12.1 Å². The Labute approximate surface area is 101 Å². The molecule has 1 amide bonds. The van der Waals surface area contributed by atoms with E-state index < -0.39 is 5.97 Å². The van der Waals surface area contributed by atoms with Gasteiger partial charge in [0.05, 0.1) is 7.11 Å². The highest BCUT2D eigenvalue weighted by Gasteiger charge is 2.07. The molecule has 0 aliphatic heterocycles. The maximum Gasteiger partial charge on any atom is 0.325 e. The molecular formula is C10H10INO3. The highest BCUT2D eigenvalue weighted by Crippen LogP contribution is 2.06. The first-order chi connectivity index (χ1) is 7.13. The van der Waals surface area contributed by atoms with Crippen molar-refractivity contribution >= 4 is 34.5 Å². The molecule has 0 aromatic heterocycles. The van der Waals surface area contributed by atoms with Crippen molar-refractivity contribution in [1.82, 2.24) is 5.32 Å². The van der Waals surface area contributed by atoms with E-state index in [0.29, 0.717) is 5.56 Å². The molecule has 1 N–H and O–H groups in total. The summed E-state index contributed by atoms with van der Waals surface area (Å²) in [6.07, 6.45) is 0. The summed E-state index contributed by atoms with van der Waals surface area (Å²) >= 11 is 2.15. The summed E-state index contributed by atoms with van der Waals surface area (Å²) in [5.74, 6) is -0.745. The molecule has 0 radical (unpaired) electrons. The number of amides is 1. The van der Waals surface area contributed by atoms with Crippen LogP contribution in [0.1, 0.15) is 10.4 Å². The van der Waals surface area contributed by atoms with E-state index in [1.54, 1.807) is 12.1 Å². The maximum absolute atomic E-state index is 11.5. The Bertz CT molecular complexity index is 361. The molecule has 5 heteroatoms. The van der Waals surface area contributed by atoms with Crippen molar-refractivity contribution in [3.05, 3.63) is 33.4 Å². The summed E-state index contributed by atoms with van der Waals surface area (Å²) in [5.41, 5.74) is 0.527. The lowest BCUT2D eigenvalue weighted by molar-refractivity contribution is -0.139. The van der Waals surface area contributed by atoms with Crippen LogP contribution in [0.3, 0.4) is 0 Å². The van der Waals surface area contributed by atoms with Gasteiger partial charge in [-0.05, 0) is 46.9 Å². The Hall–Kier alpha value is -1.11. The molecule has 0 saturated carbocycles. The molecule has 1 aromatic rings. The van der Waals surface area contributed by atoms with Gasteiger partial charge in [0.1, 0.15) is 6.54 Å². The third kappa shape index (κ3) is 3.86. The standard InChI is InChI=1S/C10H10INO3/c1-15-9(13)6-12-10(14)7-2-4-8(11)5-3-7/h2-5H,6H2,1H3,(H,12,14). The van der Waals surface area contributed by atoms with Crippen molar-refractivity contribution < 1.29 is 14.3 Å². The molecule has 15 heavy (non-hydrogen) atoms. The minimum atomic E-state index is -0.464. The molecule has 0 heterocycles. The maximum atomic E-state index is 11.5. The molecule has 0 fully saturated rings. The van der Waals surface area contributed by atoms with Gasteiger partial charge in [-0.2, -0.15) is 0 Å². The van der Waals surface area contributed by atoms with Crippen LogP contribution in [0.15, 0.2) is 24.3 Å². The van der Waals surface area contributed by atoms with Crippen LogP contribution >= 0.6 is 22.6 Å². The topological polar surface area (TPSA) is 55.4 Å². The largest absolute Gasteiger partial charge is 0.468 e. The molecule has 1 aromatic carbocycles. The Kier molecular flexibility index (Phi) is 4.54. The summed E-state index contributed by atoms with van der Waals surface area (Å²) < 4.78 is 5.45. The van der Waals surface area contributed by atoms with Gasteiger partial charge in [-0.1, -0.05) is 0 Å². The Morgan fingerprint density at radius 2 is 1.93 bits per heavy atom. The average molecular weight is 319 g/mol. The van der Waals surface area contributed by atoms with E-state index >= 15 is 0 Å². The fraction of sp³-hybridized carbons (Fsp3) is 0.200. The number of methoxy groups -OCH3 is 1. The van der Waals surface area contributed by atoms with Crippen LogP contribution in [0.5, 0.6) is 0 Å². The van der Waals surface area contributed by atoms with Crippen LogP contribution < -0.4 is 5.32 Å². The monoisotopic (exact) mass is 319 g/mol. The number of rotatable bonds is 3. The second kappa shape index (κ2) is 5.69. The zero-order valence-corrected chi connectivity index (χ0v) is 10.3. The Balaban J connectivity index is 2.54. The second-order valence-corrected chi connectivity index (χ2v) is 4.01. The normalized spacial score (nSPS) is 9.47. The van der Waals surface area contributed by atoms with E-state index in [4.69, 9.17) is 0 Å². The first kappa shape index (κ1) is 12.0. The number of benzene rings is 1.